The zero-order valence-corrected chi connectivity index (χ0v) is 26.2. The molecule has 0 aliphatic heterocycles. The first-order valence-electron chi connectivity index (χ1n) is 14.0. The quantitative estimate of drug-likeness (QED) is 0.197. The number of hydrogen-bond donors (Lipinski definition) is 0. The molecule has 0 aliphatic rings. The molecule has 3 aromatic carbocycles. The number of ether oxygens (including phenoxy) is 2. The van der Waals surface area contributed by atoms with Gasteiger partial charge in [0.2, 0.25) is 0 Å². The van der Waals surface area contributed by atoms with Gasteiger partial charge in [0.25, 0.3) is 0 Å². The maximum atomic E-state index is 12.8. The van der Waals surface area contributed by atoms with Gasteiger partial charge in [0.15, 0.2) is 0 Å². The maximum Gasteiger partial charge on any atom is 0.311 e. The molecular weight excluding hydrogens is 532 g/mol. The van der Waals surface area contributed by atoms with Crippen LogP contribution in [0.2, 0.25) is 5.02 Å². The molecule has 1 atom stereocenters. The van der Waals surface area contributed by atoms with Crippen molar-refractivity contribution in [3.63, 3.8) is 0 Å². The number of carbonyl (C=O) groups excluding carboxylic acids is 1. The van der Waals surface area contributed by atoms with E-state index >= 15 is 0 Å². The number of rotatable bonds is 8. The molecule has 0 aliphatic carbocycles. The van der Waals surface area contributed by atoms with Crippen LogP contribution in [-0.2, 0) is 20.8 Å². The second-order valence-corrected chi connectivity index (χ2v) is 13.1. The molecule has 0 fully saturated rings. The molecular formula is C35H41ClN2O3. The lowest BCUT2D eigenvalue weighted by Crippen LogP contribution is -2.30. The third-order valence-corrected chi connectivity index (χ3v) is 7.08. The normalized spacial score (nSPS) is 12.8. The third-order valence-electron chi connectivity index (χ3n) is 6.82. The number of anilines is 1. The topological polar surface area (TPSA) is 51.7 Å². The van der Waals surface area contributed by atoms with Crippen LogP contribution in [0.4, 0.5) is 5.69 Å². The van der Waals surface area contributed by atoms with E-state index in [1.807, 2.05) is 84.0 Å². The van der Waals surface area contributed by atoms with E-state index in [2.05, 4.69) is 49.2 Å². The first-order chi connectivity index (χ1) is 19.2. The van der Waals surface area contributed by atoms with E-state index in [1.54, 1.807) is 0 Å². The van der Waals surface area contributed by atoms with Gasteiger partial charge in [-0.2, -0.15) is 0 Å². The van der Waals surface area contributed by atoms with E-state index in [-0.39, 0.29) is 12.6 Å². The maximum absolute atomic E-state index is 12.8. The summed E-state index contributed by atoms with van der Waals surface area (Å²) in [7, 11) is 2.07. The van der Waals surface area contributed by atoms with Crippen molar-refractivity contribution in [2.45, 2.75) is 66.7 Å². The summed E-state index contributed by atoms with van der Waals surface area (Å²) in [6.07, 6.45) is -0.486. The van der Waals surface area contributed by atoms with Crippen LogP contribution in [0.3, 0.4) is 0 Å². The number of nitrogens with zero attached hydrogens (tertiary/aromatic N) is 2. The number of para-hydroxylation sites is 1. The van der Waals surface area contributed by atoms with Gasteiger partial charge >= 0.3 is 5.97 Å². The van der Waals surface area contributed by atoms with Crippen molar-refractivity contribution in [2.75, 3.05) is 18.6 Å². The lowest BCUT2D eigenvalue weighted by molar-refractivity contribution is -0.162. The molecule has 0 amide bonds. The van der Waals surface area contributed by atoms with Crippen molar-refractivity contribution in [3.05, 3.63) is 94.6 Å². The Bertz CT molecular complexity index is 1500. The number of halogens is 1. The van der Waals surface area contributed by atoms with E-state index in [0.29, 0.717) is 11.6 Å². The molecule has 4 aromatic rings. The smallest absolute Gasteiger partial charge is 0.311 e. The molecule has 216 valence electrons. The molecule has 1 heterocycles. The highest BCUT2D eigenvalue weighted by Crippen LogP contribution is 2.41. The number of esters is 1. The monoisotopic (exact) mass is 572 g/mol. The van der Waals surface area contributed by atoms with Crippen molar-refractivity contribution in [1.29, 1.82) is 0 Å². The molecule has 41 heavy (non-hydrogen) atoms. The number of carbonyl (C=O) groups is 1. The molecule has 0 spiro atoms. The molecule has 0 saturated carbocycles. The molecule has 0 radical (unpaired) electrons. The van der Waals surface area contributed by atoms with Crippen LogP contribution in [0.1, 0.15) is 64.5 Å². The second kappa shape index (κ2) is 12.2. The zero-order valence-electron chi connectivity index (χ0n) is 25.4. The largest absolute Gasteiger partial charge is 0.462 e. The summed E-state index contributed by atoms with van der Waals surface area (Å²) >= 11 is 6.29. The van der Waals surface area contributed by atoms with Crippen molar-refractivity contribution < 1.29 is 14.3 Å². The number of aryl methyl sites for hydroxylation is 1. The Morgan fingerprint density at radius 1 is 0.951 bits per heavy atom. The average Bonchev–Trinajstić information content (AvgIpc) is 2.90. The zero-order chi connectivity index (χ0) is 29.9. The predicted molar refractivity (Wildman–Crippen MR) is 169 cm³/mol. The minimum Gasteiger partial charge on any atom is -0.462 e. The Morgan fingerprint density at radius 2 is 1.61 bits per heavy atom. The van der Waals surface area contributed by atoms with Gasteiger partial charge < -0.3 is 14.4 Å². The van der Waals surface area contributed by atoms with Crippen LogP contribution in [0, 0.1) is 12.3 Å². The summed E-state index contributed by atoms with van der Waals surface area (Å²) in [5.41, 5.74) is 5.92. The van der Waals surface area contributed by atoms with E-state index in [0.717, 1.165) is 44.5 Å². The van der Waals surface area contributed by atoms with E-state index in [1.165, 1.54) is 0 Å². The van der Waals surface area contributed by atoms with Gasteiger partial charge in [-0.05, 0) is 107 Å². The fraction of sp³-hybridized carbons (Fsp3) is 0.371. The van der Waals surface area contributed by atoms with Gasteiger partial charge in [0.05, 0.1) is 28.8 Å². The number of benzene rings is 3. The molecule has 0 bridgehead atoms. The highest BCUT2D eigenvalue weighted by molar-refractivity contribution is 6.30. The Labute approximate surface area is 249 Å². The SMILES string of the molecule is Cc1cc2nc(CN(C)c3ccccc3)ccc2c(-c2ccc(Cl)cc2)c1C(COC(=O)C(C)(C)C)OC(C)(C)C. The van der Waals surface area contributed by atoms with E-state index in [4.69, 9.17) is 26.1 Å². The summed E-state index contributed by atoms with van der Waals surface area (Å²) in [6.45, 7) is 14.5. The molecule has 6 heteroatoms. The molecule has 0 N–H and O–H groups in total. The van der Waals surface area contributed by atoms with Gasteiger partial charge in [-0.1, -0.05) is 48.0 Å². The highest BCUT2D eigenvalue weighted by atomic mass is 35.5. The van der Waals surface area contributed by atoms with Crippen molar-refractivity contribution in [2.24, 2.45) is 5.41 Å². The second-order valence-electron chi connectivity index (χ2n) is 12.6. The van der Waals surface area contributed by atoms with Crippen LogP contribution in [0.25, 0.3) is 22.0 Å². The first-order valence-corrected chi connectivity index (χ1v) is 14.4. The Hall–Kier alpha value is -3.41. The van der Waals surface area contributed by atoms with Crippen LogP contribution in [0.5, 0.6) is 0 Å². The van der Waals surface area contributed by atoms with Crippen LogP contribution >= 0.6 is 11.6 Å². The molecule has 5 nitrogen and oxygen atoms in total. The molecule has 1 aromatic heterocycles. The third kappa shape index (κ3) is 7.66. The van der Waals surface area contributed by atoms with Crippen molar-refractivity contribution >= 4 is 34.2 Å². The van der Waals surface area contributed by atoms with Crippen LogP contribution < -0.4 is 4.90 Å². The van der Waals surface area contributed by atoms with Crippen molar-refractivity contribution in [1.82, 2.24) is 4.98 Å². The lowest BCUT2D eigenvalue weighted by Gasteiger charge is -2.31. The fourth-order valence-corrected chi connectivity index (χ4v) is 5.01. The molecule has 0 saturated heterocycles. The van der Waals surface area contributed by atoms with Gasteiger partial charge in [-0.3, -0.25) is 9.78 Å². The summed E-state index contributed by atoms with van der Waals surface area (Å²) in [5.74, 6) is -0.264. The van der Waals surface area contributed by atoms with Gasteiger partial charge in [-0.15, -0.1) is 0 Å². The first kappa shape index (κ1) is 30.5. The van der Waals surface area contributed by atoms with Gasteiger partial charge in [-0.25, -0.2) is 0 Å². The predicted octanol–water partition coefficient (Wildman–Crippen LogP) is 8.95. The van der Waals surface area contributed by atoms with Crippen LogP contribution in [0.15, 0.2) is 72.8 Å². The molecule has 1 unspecified atom stereocenters. The standard InChI is InChI=1S/C35H41ClN2O3/c1-23-20-29-28(19-18-26(37-29)21-38(8)27-12-10-9-11-13-27)32(24-14-16-25(36)17-15-24)31(23)30(41-35(5,6)7)22-40-33(39)34(2,3)4/h9-20,30H,21-22H2,1-8H3. The number of hydrogen-bond acceptors (Lipinski definition) is 5. The minimum atomic E-state index is -0.614. The van der Waals surface area contributed by atoms with Gasteiger partial charge in [0, 0.05) is 23.1 Å². The van der Waals surface area contributed by atoms with Crippen molar-refractivity contribution in [3.8, 4) is 11.1 Å². The minimum absolute atomic E-state index is 0.105. The fourth-order valence-electron chi connectivity index (χ4n) is 4.88. The highest BCUT2D eigenvalue weighted by Gasteiger charge is 2.30. The number of fused-ring (bicyclic) bond motifs is 1. The number of pyridine rings is 1. The Morgan fingerprint density at radius 3 is 2.22 bits per heavy atom. The Kier molecular flexibility index (Phi) is 9.10. The van der Waals surface area contributed by atoms with E-state index < -0.39 is 17.1 Å². The summed E-state index contributed by atoms with van der Waals surface area (Å²) in [5, 5.41) is 1.67. The van der Waals surface area contributed by atoms with Gasteiger partial charge in [0.1, 0.15) is 12.7 Å². The summed E-state index contributed by atoms with van der Waals surface area (Å²) in [4.78, 5) is 20.1. The lowest BCUT2D eigenvalue weighted by atomic mass is 9.88. The van der Waals surface area contributed by atoms with E-state index in [9.17, 15) is 4.79 Å². The summed E-state index contributed by atoms with van der Waals surface area (Å²) < 4.78 is 12.4. The molecule has 4 rings (SSSR count). The number of aromatic nitrogens is 1. The average molecular weight is 573 g/mol. The summed E-state index contributed by atoms with van der Waals surface area (Å²) in [6, 6.07) is 24.4. The van der Waals surface area contributed by atoms with Crippen LogP contribution in [-0.4, -0.2) is 30.2 Å². The Balaban J connectivity index is 1.85.